The molecule has 4 rings (SSSR count). The van der Waals surface area contributed by atoms with Gasteiger partial charge in [-0.15, -0.1) is 0 Å². The Morgan fingerprint density at radius 1 is 1.23 bits per heavy atom. The van der Waals surface area contributed by atoms with Crippen LogP contribution in [0.4, 0.5) is 0 Å². The molecule has 1 saturated heterocycles. The molecule has 1 aromatic carbocycles. The number of aromatic nitrogens is 1. The molecule has 1 atom stereocenters. The van der Waals surface area contributed by atoms with Crippen molar-refractivity contribution in [2.45, 2.75) is 31.9 Å². The van der Waals surface area contributed by atoms with Crippen LogP contribution in [0.25, 0.3) is 11.3 Å². The van der Waals surface area contributed by atoms with Crippen LogP contribution < -0.4 is 19.8 Å². The van der Waals surface area contributed by atoms with Crippen LogP contribution in [0.3, 0.4) is 0 Å². The first-order chi connectivity index (χ1) is 12.7. The minimum atomic E-state index is -0.0865. The molecule has 0 bridgehead atoms. The molecule has 0 spiro atoms. The zero-order valence-electron chi connectivity index (χ0n) is 15.1. The van der Waals surface area contributed by atoms with Crippen LogP contribution in [0.15, 0.2) is 29.1 Å². The number of hydrogen-bond donors (Lipinski definition) is 0. The number of hydrogen-bond acceptors (Lipinski definition) is 5. The van der Waals surface area contributed by atoms with Crippen molar-refractivity contribution in [3.8, 4) is 28.5 Å². The molecule has 0 aliphatic carbocycles. The van der Waals surface area contributed by atoms with Crippen molar-refractivity contribution < 1.29 is 18.9 Å². The van der Waals surface area contributed by atoms with Gasteiger partial charge in [0.15, 0.2) is 11.5 Å². The standard InChI is InChI=1S/C20H23NO5/c1-23-16-7-3-6-15-14(16)8-9-21-18(22)11-17(20(24-2)19(15)21)26-12-13-5-4-10-25-13/h3,6-7,11,13H,4-5,8-10,12H2,1-2H3. The van der Waals surface area contributed by atoms with E-state index in [0.29, 0.717) is 24.7 Å². The molecule has 1 fully saturated rings. The molecule has 0 saturated carbocycles. The van der Waals surface area contributed by atoms with E-state index in [1.54, 1.807) is 18.8 Å². The van der Waals surface area contributed by atoms with Gasteiger partial charge in [-0.3, -0.25) is 4.79 Å². The number of methoxy groups -OCH3 is 2. The lowest BCUT2D eigenvalue weighted by Gasteiger charge is -2.26. The number of rotatable bonds is 5. The van der Waals surface area contributed by atoms with E-state index < -0.39 is 0 Å². The van der Waals surface area contributed by atoms with E-state index in [2.05, 4.69) is 0 Å². The molecule has 2 aliphatic rings. The van der Waals surface area contributed by atoms with E-state index in [0.717, 1.165) is 48.4 Å². The molecule has 1 unspecified atom stereocenters. The highest BCUT2D eigenvalue weighted by Gasteiger charge is 2.27. The third kappa shape index (κ3) is 2.84. The van der Waals surface area contributed by atoms with Gasteiger partial charge in [-0.25, -0.2) is 0 Å². The number of nitrogens with zero attached hydrogens (tertiary/aromatic N) is 1. The Hall–Kier alpha value is -2.47. The third-order valence-electron chi connectivity index (χ3n) is 5.08. The van der Waals surface area contributed by atoms with Crippen molar-refractivity contribution in [3.63, 3.8) is 0 Å². The molecule has 2 aliphatic heterocycles. The maximum Gasteiger partial charge on any atom is 0.254 e. The maximum absolute atomic E-state index is 12.7. The van der Waals surface area contributed by atoms with Gasteiger partial charge in [0.1, 0.15) is 12.4 Å². The van der Waals surface area contributed by atoms with Crippen LogP contribution in [-0.2, 0) is 17.7 Å². The van der Waals surface area contributed by atoms with Crippen molar-refractivity contribution >= 4 is 0 Å². The van der Waals surface area contributed by atoms with Gasteiger partial charge in [-0.1, -0.05) is 12.1 Å². The summed E-state index contributed by atoms with van der Waals surface area (Å²) in [5.74, 6) is 1.88. The van der Waals surface area contributed by atoms with E-state index in [1.165, 1.54) is 6.07 Å². The minimum absolute atomic E-state index is 0.0749. The summed E-state index contributed by atoms with van der Waals surface area (Å²) in [7, 11) is 3.27. The molecule has 3 heterocycles. The van der Waals surface area contributed by atoms with Crippen LogP contribution in [-0.4, -0.2) is 38.1 Å². The first-order valence-electron chi connectivity index (χ1n) is 8.95. The molecule has 1 aromatic heterocycles. The zero-order chi connectivity index (χ0) is 18.1. The van der Waals surface area contributed by atoms with E-state index in [-0.39, 0.29) is 11.7 Å². The topological polar surface area (TPSA) is 58.9 Å². The van der Waals surface area contributed by atoms with E-state index >= 15 is 0 Å². The predicted molar refractivity (Wildman–Crippen MR) is 97.4 cm³/mol. The van der Waals surface area contributed by atoms with Gasteiger partial charge in [-0.2, -0.15) is 0 Å². The molecular weight excluding hydrogens is 334 g/mol. The van der Waals surface area contributed by atoms with E-state index in [9.17, 15) is 4.79 Å². The Morgan fingerprint density at radius 2 is 2.12 bits per heavy atom. The highest BCUT2D eigenvalue weighted by molar-refractivity contribution is 5.76. The van der Waals surface area contributed by atoms with Crippen molar-refractivity contribution in [1.29, 1.82) is 0 Å². The molecule has 0 N–H and O–H groups in total. The Bertz CT molecular complexity index is 867. The van der Waals surface area contributed by atoms with Gasteiger partial charge in [0.2, 0.25) is 0 Å². The molecule has 6 nitrogen and oxygen atoms in total. The molecule has 0 amide bonds. The quantitative estimate of drug-likeness (QED) is 0.823. The van der Waals surface area contributed by atoms with E-state index in [4.69, 9.17) is 18.9 Å². The highest BCUT2D eigenvalue weighted by atomic mass is 16.5. The largest absolute Gasteiger partial charge is 0.496 e. The maximum atomic E-state index is 12.7. The van der Waals surface area contributed by atoms with E-state index in [1.807, 2.05) is 18.2 Å². The summed E-state index contributed by atoms with van der Waals surface area (Å²) in [5.41, 5.74) is 2.70. The summed E-state index contributed by atoms with van der Waals surface area (Å²) in [6, 6.07) is 7.38. The first-order valence-corrected chi connectivity index (χ1v) is 8.95. The lowest BCUT2D eigenvalue weighted by Crippen LogP contribution is -2.27. The van der Waals surface area contributed by atoms with Gasteiger partial charge < -0.3 is 23.5 Å². The second-order valence-corrected chi connectivity index (χ2v) is 6.56. The fourth-order valence-corrected chi connectivity index (χ4v) is 3.82. The summed E-state index contributed by atoms with van der Waals surface area (Å²) in [5, 5.41) is 0. The Kier molecular flexibility index (Phi) is 4.59. The molecule has 26 heavy (non-hydrogen) atoms. The monoisotopic (exact) mass is 357 g/mol. The second-order valence-electron chi connectivity index (χ2n) is 6.56. The van der Waals surface area contributed by atoms with Crippen LogP contribution in [0, 0.1) is 0 Å². The zero-order valence-corrected chi connectivity index (χ0v) is 15.1. The highest BCUT2D eigenvalue weighted by Crippen LogP contribution is 2.43. The molecule has 0 radical (unpaired) electrons. The van der Waals surface area contributed by atoms with Crippen LogP contribution >= 0.6 is 0 Å². The SMILES string of the molecule is COc1cccc2c1CCn1c-2c(OC)c(OCC2CCCO2)cc1=O. The Labute approximate surface area is 152 Å². The van der Waals surface area contributed by atoms with Crippen LogP contribution in [0.5, 0.6) is 17.2 Å². The molecule has 6 heteroatoms. The number of ether oxygens (including phenoxy) is 4. The normalized spacial score (nSPS) is 18.2. The summed E-state index contributed by atoms with van der Waals surface area (Å²) in [6.45, 7) is 1.78. The fraction of sp³-hybridized carbons (Fsp3) is 0.450. The number of benzene rings is 1. The first kappa shape index (κ1) is 17.0. The third-order valence-corrected chi connectivity index (χ3v) is 5.08. The van der Waals surface area contributed by atoms with Gasteiger partial charge in [0, 0.05) is 30.3 Å². The van der Waals surface area contributed by atoms with Crippen molar-refractivity contribution in [2.24, 2.45) is 0 Å². The lowest BCUT2D eigenvalue weighted by molar-refractivity contribution is 0.0668. The summed E-state index contributed by atoms with van der Waals surface area (Å²) >= 11 is 0. The Balaban J connectivity index is 1.79. The van der Waals surface area contributed by atoms with Gasteiger partial charge in [0.25, 0.3) is 5.56 Å². The summed E-state index contributed by atoms with van der Waals surface area (Å²) in [4.78, 5) is 12.7. The average molecular weight is 357 g/mol. The second kappa shape index (κ2) is 7.03. The number of pyridine rings is 1. The van der Waals surface area contributed by atoms with Crippen LogP contribution in [0.1, 0.15) is 18.4 Å². The Morgan fingerprint density at radius 3 is 2.85 bits per heavy atom. The lowest BCUT2D eigenvalue weighted by atomic mass is 9.95. The molecule has 2 aromatic rings. The van der Waals surface area contributed by atoms with Crippen LogP contribution in [0.2, 0.25) is 0 Å². The fourth-order valence-electron chi connectivity index (χ4n) is 3.82. The van der Waals surface area contributed by atoms with Crippen molar-refractivity contribution in [2.75, 3.05) is 27.4 Å². The van der Waals surface area contributed by atoms with Gasteiger partial charge in [-0.05, 0) is 25.3 Å². The molecular formula is C20H23NO5. The summed E-state index contributed by atoms with van der Waals surface area (Å²) < 4.78 is 24.5. The van der Waals surface area contributed by atoms with Crippen molar-refractivity contribution in [1.82, 2.24) is 4.57 Å². The smallest absolute Gasteiger partial charge is 0.254 e. The predicted octanol–water partition coefficient (Wildman–Crippen LogP) is 2.65. The average Bonchev–Trinajstić information content (AvgIpc) is 3.19. The number of fused-ring (bicyclic) bond motifs is 3. The van der Waals surface area contributed by atoms with Gasteiger partial charge >= 0.3 is 0 Å². The van der Waals surface area contributed by atoms with Crippen molar-refractivity contribution in [3.05, 3.63) is 40.2 Å². The minimum Gasteiger partial charge on any atom is -0.496 e. The molecule has 138 valence electrons. The summed E-state index contributed by atoms with van der Waals surface area (Å²) in [6.07, 6.45) is 2.84. The van der Waals surface area contributed by atoms with Gasteiger partial charge in [0.05, 0.1) is 26.0 Å².